The second-order valence-corrected chi connectivity index (χ2v) is 7.15. The number of nitrogen functional groups attached to an aromatic ring is 1. The van der Waals surface area contributed by atoms with Crippen LogP contribution < -0.4 is 10.5 Å². The number of imidazole rings is 1. The molecule has 0 radical (unpaired) electrons. The minimum atomic E-state index is 0.105. The van der Waals surface area contributed by atoms with Gasteiger partial charge in [0.05, 0.1) is 24.2 Å². The Kier molecular flexibility index (Phi) is 5.64. The van der Waals surface area contributed by atoms with Gasteiger partial charge >= 0.3 is 0 Å². The normalized spacial score (nSPS) is 17.0. The van der Waals surface area contributed by atoms with Crippen LogP contribution in [0.25, 0.3) is 21.9 Å². The first kappa shape index (κ1) is 19.0. The molecule has 1 aliphatic heterocycles. The average molecular weight is 384 g/mol. The minimum Gasteiger partial charge on any atom is -0.488 e. The summed E-state index contributed by atoms with van der Waals surface area (Å²) in [5.74, 6) is 2.17. The summed E-state index contributed by atoms with van der Waals surface area (Å²) in [6, 6.07) is 5.97. The lowest BCUT2D eigenvalue weighted by atomic mass is 10.1. The zero-order valence-corrected chi connectivity index (χ0v) is 16.6. The number of anilines is 1. The molecule has 1 saturated heterocycles. The molecule has 1 aliphatic rings. The van der Waals surface area contributed by atoms with Gasteiger partial charge in [0.15, 0.2) is 5.82 Å². The van der Waals surface area contributed by atoms with Crippen molar-refractivity contribution in [2.24, 2.45) is 0 Å². The predicted molar refractivity (Wildman–Crippen MR) is 110 cm³/mol. The molecule has 1 atom stereocenters. The molecule has 0 aliphatic carbocycles. The topological polar surface area (TPSA) is 84.4 Å². The third-order valence-corrected chi connectivity index (χ3v) is 5.11. The average Bonchev–Trinajstić information content (AvgIpc) is 3.33. The van der Waals surface area contributed by atoms with Crippen molar-refractivity contribution in [1.29, 1.82) is 0 Å². The second kappa shape index (κ2) is 8.32. The first-order valence-corrected chi connectivity index (χ1v) is 10.1. The lowest BCUT2D eigenvalue weighted by Crippen LogP contribution is -2.15. The molecule has 3 heterocycles. The summed E-state index contributed by atoms with van der Waals surface area (Å²) in [6.45, 7) is 7.55. The van der Waals surface area contributed by atoms with Crippen LogP contribution in [0.2, 0.25) is 0 Å². The molecule has 7 heteroatoms. The standard InChI is InChI=1S/C21H28N4O3/c1-3-5-9-25-18(13-26-4-2)24-19-20(25)16-11-14(28-15-8-10-27-12-15)6-7-17(16)23-21(19)22/h6-7,11,15H,3-5,8-10,12-13H2,1-2H3,(H2,22,23). The lowest BCUT2D eigenvalue weighted by Gasteiger charge is -2.14. The van der Waals surface area contributed by atoms with Gasteiger partial charge in [0.25, 0.3) is 0 Å². The van der Waals surface area contributed by atoms with Crippen molar-refractivity contribution in [3.05, 3.63) is 24.0 Å². The zero-order chi connectivity index (χ0) is 19.5. The van der Waals surface area contributed by atoms with E-state index in [1.54, 1.807) is 0 Å². The van der Waals surface area contributed by atoms with Crippen molar-refractivity contribution in [2.45, 2.75) is 52.4 Å². The van der Waals surface area contributed by atoms with Crippen molar-refractivity contribution < 1.29 is 14.2 Å². The Hall–Kier alpha value is -2.38. The molecule has 1 fully saturated rings. The fourth-order valence-corrected chi connectivity index (χ4v) is 3.67. The molecule has 150 valence electrons. The van der Waals surface area contributed by atoms with Crippen LogP contribution in [0.5, 0.6) is 5.75 Å². The van der Waals surface area contributed by atoms with E-state index in [0.717, 1.165) is 65.9 Å². The summed E-state index contributed by atoms with van der Waals surface area (Å²) in [5, 5.41) is 1.01. The lowest BCUT2D eigenvalue weighted by molar-refractivity contribution is 0.126. The molecule has 3 aromatic rings. The third-order valence-electron chi connectivity index (χ3n) is 5.11. The number of hydrogen-bond donors (Lipinski definition) is 1. The highest BCUT2D eigenvalue weighted by atomic mass is 16.5. The number of aryl methyl sites for hydroxylation is 1. The molecule has 2 N–H and O–H groups in total. The monoisotopic (exact) mass is 384 g/mol. The van der Waals surface area contributed by atoms with E-state index >= 15 is 0 Å². The van der Waals surface area contributed by atoms with Crippen LogP contribution >= 0.6 is 0 Å². The van der Waals surface area contributed by atoms with Crippen molar-refractivity contribution in [2.75, 3.05) is 25.6 Å². The maximum absolute atomic E-state index is 6.26. The number of fused-ring (bicyclic) bond motifs is 3. The van der Waals surface area contributed by atoms with Crippen LogP contribution in [0.15, 0.2) is 18.2 Å². The third kappa shape index (κ3) is 3.64. The summed E-state index contributed by atoms with van der Waals surface area (Å²) in [5.41, 5.74) is 8.85. The molecule has 0 saturated carbocycles. The molecule has 7 nitrogen and oxygen atoms in total. The Morgan fingerprint density at radius 1 is 1.29 bits per heavy atom. The highest BCUT2D eigenvalue weighted by molar-refractivity contribution is 6.07. The van der Waals surface area contributed by atoms with E-state index in [4.69, 9.17) is 24.9 Å². The Morgan fingerprint density at radius 3 is 2.93 bits per heavy atom. The molecule has 4 rings (SSSR count). The van der Waals surface area contributed by atoms with Crippen molar-refractivity contribution in [1.82, 2.24) is 14.5 Å². The van der Waals surface area contributed by atoms with E-state index in [2.05, 4.69) is 22.5 Å². The Bertz CT molecular complexity index is 963. The molecule has 0 amide bonds. The maximum atomic E-state index is 6.26. The van der Waals surface area contributed by atoms with Gasteiger partial charge in [0.1, 0.15) is 29.8 Å². The Balaban J connectivity index is 1.84. The largest absolute Gasteiger partial charge is 0.488 e. The van der Waals surface area contributed by atoms with Gasteiger partial charge in [-0.1, -0.05) is 13.3 Å². The fraction of sp³-hybridized carbons (Fsp3) is 0.524. The van der Waals surface area contributed by atoms with Crippen LogP contribution in [-0.2, 0) is 22.6 Å². The van der Waals surface area contributed by atoms with Gasteiger partial charge < -0.3 is 24.5 Å². The Labute approximate surface area is 164 Å². The van der Waals surface area contributed by atoms with Gasteiger partial charge in [-0.05, 0) is 31.5 Å². The maximum Gasteiger partial charge on any atom is 0.152 e. The zero-order valence-electron chi connectivity index (χ0n) is 16.6. The number of aromatic nitrogens is 3. The SMILES string of the molecule is CCCCn1c(COCC)nc2c(N)nc3ccc(OC4CCOC4)cc3c21. The van der Waals surface area contributed by atoms with E-state index in [-0.39, 0.29) is 6.10 Å². The number of pyridine rings is 1. The first-order valence-electron chi connectivity index (χ1n) is 10.1. The summed E-state index contributed by atoms with van der Waals surface area (Å²) < 4.78 is 19.4. The number of ether oxygens (including phenoxy) is 3. The van der Waals surface area contributed by atoms with Gasteiger partial charge in [0.2, 0.25) is 0 Å². The quantitative estimate of drug-likeness (QED) is 0.638. The van der Waals surface area contributed by atoms with Gasteiger partial charge in [-0.2, -0.15) is 0 Å². The van der Waals surface area contributed by atoms with E-state index in [0.29, 0.717) is 25.6 Å². The number of hydrogen-bond acceptors (Lipinski definition) is 6. The predicted octanol–water partition coefficient (Wildman–Crippen LogP) is 3.67. The molecule has 0 bridgehead atoms. The molecular weight excluding hydrogens is 356 g/mol. The molecule has 1 aromatic carbocycles. The molecule has 2 aromatic heterocycles. The van der Waals surface area contributed by atoms with E-state index < -0.39 is 0 Å². The molecule has 28 heavy (non-hydrogen) atoms. The summed E-state index contributed by atoms with van der Waals surface area (Å²) in [7, 11) is 0. The highest BCUT2D eigenvalue weighted by Gasteiger charge is 2.20. The van der Waals surface area contributed by atoms with Gasteiger partial charge in [-0.25, -0.2) is 9.97 Å². The number of benzene rings is 1. The van der Waals surface area contributed by atoms with E-state index in [1.807, 2.05) is 19.1 Å². The van der Waals surface area contributed by atoms with Crippen LogP contribution in [0, 0.1) is 0 Å². The molecule has 1 unspecified atom stereocenters. The minimum absolute atomic E-state index is 0.105. The first-order chi connectivity index (χ1) is 13.7. The van der Waals surface area contributed by atoms with Crippen molar-refractivity contribution >= 4 is 27.8 Å². The van der Waals surface area contributed by atoms with Gasteiger partial charge in [-0.3, -0.25) is 0 Å². The summed E-state index contributed by atoms with van der Waals surface area (Å²) in [4.78, 5) is 9.35. The number of rotatable bonds is 8. The number of nitrogens with zero attached hydrogens (tertiary/aromatic N) is 3. The van der Waals surface area contributed by atoms with Crippen molar-refractivity contribution in [3.8, 4) is 5.75 Å². The van der Waals surface area contributed by atoms with Crippen LogP contribution in [0.1, 0.15) is 38.9 Å². The van der Waals surface area contributed by atoms with E-state index in [1.165, 1.54) is 0 Å². The molecule has 0 spiro atoms. The molecular formula is C21H28N4O3. The smallest absolute Gasteiger partial charge is 0.152 e. The van der Waals surface area contributed by atoms with Crippen LogP contribution in [0.3, 0.4) is 0 Å². The van der Waals surface area contributed by atoms with Crippen molar-refractivity contribution in [3.63, 3.8) is 0 Å². The van der Waals surface area contributed by atoms with Crippen LogP contribution in [0.4, 0.5) is 5.82 Å². The number of nitrogens with two attached hydrogens (primary N) is 1. The van der Waals surface area contributed by atoms with Gasteiger partial charge in [-0.15, -0.1) is 0 Å². The number of unbranched alkanes of at least 4 members (excludes halogenated alkanes) is 1. The second-order valence-electron chi connectivity index (χ2n) is 7.15. The fourth-order valence-electron chi connectivity index (χ4n) is 3.67. The van der Waals surface area contributed by atoms with Gasteiger partial charge in [0, 0.05) is 25.0 Å². The summed E-state index contributed by atoms with van der Waals surface area (Å²) in [6.07, 6.45) is 3.18. The Morgan fingerprint density at radius 2 is 2.18 bits per heavy atom. The van der Waals surface area contributed by atoms with E-state index in [9.17, 15) is 0 Å². The highest BCUT2D eigenvalue weighted by Crippen LogP contribution is 2.32. The summed E-state index contributed by atoms with van der Waals surface area (Å²) >= 11 is 0. The van der Waals surface area contributed by atoms with Crippen LogP contribution in [-0.4, -0.2) is 40.5 Å².